The van der Waals surface area contributed by atoms with Crippen LogP contribution in [0.25, 0.3) is 0 Å². The van der Waals surface area contributed by atoms with Crippen LogP contribution in [-0.2, 0) is 6.54 Å². The van der Waals surface area contributed by atoms with Crippen LogP contribution < -0.4 is 5.32 Å². The molecule has 0 aliphatic heterocycles. The number of aromatic amines is 2. The summed E-state index contributed by atoms with van der Waals surface area (Å²) in [6.45, 7) is 2.68. The summed E-state index contributed by atoms with van der Waals surface area (Å²) in [7, 11) is 0. The van der Waals surface area contributed by atoms with E-state index >= 15 is 0 Å². The number of rotatable bonds is 5. The number of anilines is 1. The Morgan fingerprint density at radius 1 is 1.20 bits per heavy atom. The maximum absolute atomic E-state index is 4.17. The first-order chi connectivity index (χ1) is 9.79. The Labute approximate surface area is 120 Å². The first-order valence-electron chi connectivity index (χ1n) is 6.17. The lowest BCUT2D eigenvalue weighted by molar-refractivity contribution is 0.973. The van der Waals surface area contributed by atoms with E-state index in [2.05, 4.69) is 30.5 Å². The minimum Gasteiger partial charge on any atom is -0.379 e. The molecule has 2 aromatic heterocycles. The molecular weight excluding hydrogens is 272 g/mol. The van der Waals surface area contributed by atoms with Crippen molar-refractivity contribution in [2.45, 2.75) is 23.5 Å². The fraction of sp³-hybridized carbons (Fsp3) is 0.154. The molecule has 20 heavy (non-hydrogen) atoms. The van der Waals surface area contributed by atoms with Crippen molar-refractivity contribution in [3.8, 4) is 0 Å². The normalized spacial score (nSPS) is 10.7. The quantitative estimate of drug-likeness (QED) is 0.671. The van der Waals surface area contributed by atoms with Crippen molar-refractivity contribution in [3.05, 3.63) is 48.3 Å². The molecule has 0 fully saturated rings. The number of imidazole rings is 1. The number of benzene rings is 1. The van der Waals surface area contributed by atoms with Gasteiger partial charge in [-0.05, 0) is 31.2 Å². The number of hydrogen-bond acceptors (Lipinski definition) is 5. The summed E-state index contributed by atoms with van der Waals surface area (Å²) in [5, 5.41) is 10.8. The second-order valence-electron chi connectivity index (χ2n) is 4.26. The predicted octanol–water partition coefficient (Wildman–Crippen LogP) is 2.60. The van der Waals surface area contributed by atoms with Crippen LogP contribution in [0.5, 0.6) is 0 Å². The van der Waals surface area contributed by atoms with Gasteiger partial charge >= 0.3 is 0 Å². The summed E-state index contributed by atoms with van der Waals surface area (Å²) in [6, 6.07) is 8.19. The monoisotopic (exact) mass is 286 g/mol. The molecular formula is C13H14N6S. The standard InChI is InChI=1S/C13H14N6S/c1-9-14-6-11(18-9)7-15-10-2-4-12(5-3-10)20-13-16-8-17-19-13/h2-6,8,15H,7H2,1H3,(H,14,18)(H,16,17,19). The molecule has 3 N–H and O–H groups in total. The first kappa shape index (κ1) is 12.7. The molecule has 0 unspecified atom stereocenters. The van der Waals surface area contributed by atoms with Crippen LogP contribution in [0.1, 0.15) is 11.5 Å². The van der Waals surface area contributed by atoms with Crippen molar-refractivity contribution in [1.29, 1.82) is 0 Å². The van der Waals surface area contributed by atoms with E-state index in [1.165, 1.54) is 6.33 Å². The van der Waals surface area contributed by atoms with Crippen LogP contribution in [-0.4, -0.2) is 25.1 Å². The Balaban J connectivity index is 1.58. The van der Waals surface area contributed by atoms with Gasteiger partial charge in [-0.2, -0.15) is 5.10 Å². The van der Waals surface area contributed by atoms with Gasteiger partial charge in [0.25, 0.3) is 0 Å². The lowest BCUT2D eigenvalue weighted by Gasteiger charge is -2.05. The van der Waals surface area contributed by atoms with Gasteiger partial charge in [0, 0.05) is 10.6 Å². The third-order valence-corrected chi connectivity index (χ3v) is 3.60. The molecule has 0 amide bonds. The fourth-order valence-corrected chi connectivity index (χ4v) is 2.45. The van der Waals surface area contributed by atoms with Crippen LogP contribution >= 0.6 is 11.8 Å². The minimum absolute atomic E-state index is 0.732. The van der Waals surface area contributed by atoms with Gasteiger partial charge in [0.1, 0.15) is 12.2 Å². The number of hydrogen-bond donors (Lipinski definition) is 3. The van der Waals surface area contributed by atoms with Crippen molar-refractivity contribution in [2.75, 3.05) is 5.32 Å². The van der Waals surface area contributed by atoms with Crippen LogP contribution in [0.15, 0.2) is 46.8 Å². The summed E-state index contributed by atoms with van der Waals surface area (Å²) in [5.74, 6) is 0.931. The van der Waals surface area contributed by atoms with Gasteiger partial charge in [0.2, 0.25) is 0 Å². The molecule has 102 valence electrons. The lowest BCUT2D eigenvalue weighted by Crippen LogP contribution is -1.99. The molecule has 0 aliphatic rings. The Morgan fingerprint density at radius 2 is 2.05 bits per heavy atom. The molecule has 7 heteroatoms. The van der Waals surface area contributed by atoms with Gasteiger partial charge < -0.3 is 10.3 Å². The van der Waals surface area contributed by atoms with Crippen LogP contribution in [0, 0.1) is 6.92 Å². The number of aromatic nitrogens is 5. The molecule has 0 saturated carbocycles. The fourth-order valence-electron chi connectivity index (χ4n) is 1.75. The van der Waals surface area contributed by atoms with E-state index in [0.717, 1.165) is 33.8 Å². The van der Waals surface area contributed by atoms with Crippen LogP contribution in [0.4, 0.5) is 5.69 Å². The van der Waals surface area contributed by atoms with Crippen molar-refractivity contribution in [2.24, 2.45) is 0 Å². The molecule has 0 spiro atoms. The molecule has 0 aliphatic carbocycles. The smallest absolute Gasteiger partial charge is 0.188 e. The maximum atomic E-state index is 4.17. The zero-order chi connectivity index (χ0) is 13.8. The molecule has 1 aromatic carbocycles. The Kier molecular flexibility index (Phi) is 3.69. The number of H-pyrrole nitrogens is 2. The van der Waals surface area contributed by atoms with Crippen molar-refractivity contribution in [3.63, 3.8) is 0 Å². The van der Waals surface area contributed by atoms with Gasteiger partial charge in [0.05, 0.1) is 18.4 Å². The summed E-state index contributed by atoms with van der Waals surface area (Å²) in [4.78, 5) is 12.6. The Bertz CT molecular complexity index is 658. The summed E-state index contributed by atoms with van der Waals surface area (Å²) in [6.07, 6.45) is 3.35. The summed E-state index contributed by atoms with van der Waals surface area (Å²) >= 11 is 1.55. The van der Waals surface area contributed by atoms with Gasteiger partial charge in [-0.25, -0.2) is 9.97 Å². The van der Waals surface area contributed by atoms with E-state index in [4.69, 9.17) is 0 Å². The molecule has 6 nitrogen and oxygen atoms in total. The van der Waals surface area contributed by atoms with Crippen molar-refractivity contribution < 1.29 is 0 Å². The predicted molar refractivity (Wildman–Crippen MR) is 77.6 cm³/mol. The Morgan fingerprint density at radius 3 is 2.70 bits per heavy atom. The zero-order valence-corrected chi connectivity index (χ0v) is 11.7. The van der Waals surface area contributed by atoms with E-state index < -0.39 is 0 Å². The van der Waals surface area contributed by atoms with Gasteiger partial charge in [-0.3, -0.25) is 5.10 Å². The number of aryl methyl sites for hydroxylation is 1. The van der Waals surface area contributed by atoms with E-state index in [1.54, 1.807) is 11.8 Å². The minimum atomic E-state index is 0.732. The van der Waals surface area contributed by atoms with E-state index in [9.17, 15) is 0 Å². The van der Waals surface area contributed by atoms with Gasteiger partial charge in [-0.1, -0.05) is 11.8 Å². The molecule has 0 saturated heterocycles. The molecule has 0 bridgehead atoms. The van der Waals surface area contributed by atoms with Crippen molar-refractivity contribution >= 4 is 17.4 Å². The van der Waals surface area contributed by atoms with E-state index in [-0.39, 0.29) is 0 Å². The second kappa shape index (κ2) is 5.79. The SMILES string of the molecule is Cc1ncc(CNc2ccc(Sc3ncn[nH]3)cc2)[nH]1. The maximum Gasteiger partial charge on any atom is 0.188 e. The van der Waals surface area contributed by atoms with Gasteiger partial charge in [-0.15, -0.1) is 0 Å². The lowest BCUT2D eigenvalue weighted by atomic mass is 10.3. The topological polar surface area (TPSA) is 82.3 Å². The Hall–Kier alpha value is -2.28. The number of nitrogens with zero attached hydrogens (tertiary/aromatic N) is 3. The summed E-state index contributed by atoms with van der Waals surface area (Å²) < 4.78 is 0. The largest absolute Gasteiger partial charge is 0.379 e. The molecule has 0 atom stereocenters. The highest BCUT2D eigenvalue weighted by molar-refractivity contribution is 7.99. The molecule has 0 radical (unpaired) electrons. The zero-order valence-electron chi connectivity index (χ0n) is 10.9. The van der Waals surface area contributed by atoms with Crippen LogP contribution in [0.3, 0.4) is 0 Å². The molecule has 3 aromatic rings. The second-order valence-corrected chi connectivity index (χ2v) is 5.33. The summed E-state index contributed by atoms with van der Waals surface area (Å²) in [5.41, 5.74) is 2.14. The molecule has 3 rings (SSSR count). The first-order valence-corrected chi connectivity index (χ1v) is 6.99. The van der Waals surface area contributed by atoms with Gasteiger partial charge in [0.15, 0.2) is 5.16 Å². The van der Waals surface area contributed by atoms with E-state index in [0.29, 0.717) is 0 Å². The van der Waals surface area contributed by atoms with Crippen molar-refractivity contribution in [1.82, 2.24) is 25.1 Å². The highest BCUT2D eigenvalue weighted by atomic mass is 32.2. The third kappa shape index (κ3) is 3.18. The van der Waals surface area contributed by atoms with E-state index in [1.807, 2.05) is 37.4 Å². The third-order valence-electron chi connectivity index (χ3n) is 2.70. The number of nitrogens with one attached hydrogen (secondary N) is 3. The highest BCUT2D eigenvalue weighted by Gasteiger charge is 2.01. The average molecular weight is 286 g/mol. The molecule has 2 heterocycles. The average Bonchev–Trinajstić information content (AvgIpc) is 3.10. The highest BCUT2D eigenvalue weighted by Crippen LogP contribution is 2.25. The van der Waals surface area contributed by atoms with Crippen LogP contribution in [0.2, 0.25) is 0 Å².